The van der Waals surface area contributed by atoms with Crippen LogP contribution < -0.4 is 0 Å². The van der Waals surface area contributed by atoms with Crippen LogP contribution in [0, 0.1) is 29.1 Å². The van der Waals surface area contributed by atoms with E-state index in [-0.39, 0.29) is 11.5 Å². The van der Waals surface area contributed by atoms with Gasteiger partial charge in [0, 0.05) is 0 Å². The first-order valence-corrected chi connectivity index (χ1v) is 11.4. The summed E-state index contributed by atoms with van der Waals surface area (Å²) in [5.41, 5.74) is 4.43. The molecule has 29 heavy (non-hydrogen) atoms. The smallest absolute Gasteiger partial charge is 0.115 e. The molecule has 0 radical (unpaired) electrons. The Morgan fingerprint density at radius 3 is 2.52 bits per heavy atom. The molecule has 0 heterocycles. The van der Waals surface area contributed by atoms with Crippen LogP contribution in [0.3, 0.4) is 0 Å². The molecule has 0 saturated heterocycles. The summed E-state index contributed by atoms with van der Waals surface area (Å²) in [5.74, 6) is 3.32. The van der Waals surface area contributed by atoms with Gasteiger partial charge in [0.05, 0.1) is 6.10 Å². The molecule has 2 N–H and O–H groups in total. The second-order valence-corrected chi connectivity index (χ2v) is 10.6. The van der Waals surface area contributed by atoms with Crippen LogP contribution in [-0.4, -0.2) is 16.3 Å². The molecule has 0 amide bonds. The maximum absolute atomic E-state index is 11.1. The summed E-state index contributed by atoms with van der Waals surface area (Å²) in [5, 5.41) is 21.2. The lowest BCUT2D eigenvalue weighted by Crippen LogP contribution is -2.46. The van der Waals surface area contributed by atoms with E-state index in [9.17, 15) is 10.2 Å². The molecule has 2 aromatic rings. The average Bonchev–Trinajstić information content (AvgIpc) is 2.97. The highest BCUT2D eigenvalue weighted by Crippen LogP contribution is 2.66. The van der Waals surface area contributed by atoms with Gasteiger partial charge in [0.15, 0.2) is 0 Å². The van der Waals surface area contributed by atoms with Crippen LogP contribution in [0.15, 0.2) is 48.5 Å². The summed E-state index contributed by atoms with van der Waals surface area (Å²) in [7, 11) is 0. The Labute approximate surface area is 175 Å². The minimum atomic E-state index is -0.179. The van der Waals surface area contributed by atoms with Crippen LogP contribution in [0.4, 0.5) is 0 Å². The predicted octanol–water partition coefficient (Wildman–Crippen LogP) is 5.89. The van der Waals surface area contributed by atoms with E-state index in [2.05, 4.69) is 57.2 Å². The van der Waals surface area contributed by atoms with Gasteiger partial charge in [-0.05, 0) is 95.4 Å². The molecule has 2 saturated carbocycles. The highest BCUT2D eigenvalue weighted by atomic mass is 16.3. The normalized spacial score (nSPS) is 38.4. The van der Waals surface area contributed by atoms with E-state index in [1.54, 1.807) is 0 Å². The largest absolute Gasteiger partial charge is 0.508 e. The van der Waals surface area contributed by atoms with Gasteiger partial charge in [-0.25, -0.2) is 0 Å². The molecule has 0 aromatic heterocycles. The van der Waals surface area contributed by atoms with Gasteiger partial charge in [-0.1, -0.05) is 57.2 Å². The molecule has 3 aliphatic carbocycles. The zero-order valence-corrected chi connectivity index (χ0v) is 17.9. The van der Waals surface area contributed by atoms with Crippen LogP contribution in [0.5, 0.6) is 5.75 Å². The van der Waals surface area contributed by atoms with Crippen molar-refractivity contribution in [2.75, 3.05) is 0 Å². The fraction of sp³-hybridized carbons (Fsp3) is 0.556. The van der Waals surface area contributed by atoms with Gasteiger partial charge < -0.3 is 10.2 Å². The van der Waals surface area contributed by atoms with E-state index >= 15 is 0 Å². The third kappa shape index (κ3) is 2.94. The highest BCUT2D eigenvalue weighted by molar-refractivity contribution is 5.43. The zero-order valence-electron chi connectivity index (χ0n) is 17.9. The summed E-state index contributed by atoms with van der Waals surface area (Å²) in [6.07, 6.45) is 4.15. The number of benzene rings is 2. The number of aliphatic hydroxyl groups excluding tert-OH is 1. The van der Waals surface area contributed by atoms with Crippen molar-refractivity contribution >= 4 is 0 Å². The summed E-state index contributed by atoms with van der Waals surface area (Å²) in [6, 6.07) is 17.1. The van der Waals surface area contributed by atoms with Gasteiger partial charge in [0.25, 0.3) is 0 Å². The van der Waals surface area contributed by atoms with E-state index in [0.29, 0.717) is 41.3 Å². The zero-order chi connectivity index (χ0) is 20.3. The van der Waals surface area contributed by atoms with Crippen LogP contribution in [-0.2, 0) is 6.42 Å². The van der Waals surface area contributed by atoms with Crippen molar-refractivity contribution < 1.29 is 10.2 Å². The number of hydrogen-bond donors (Lipinski definition) is 2. The first-order chi connectivity index (χ1) is 13.9. The number of rotatable bonds is 2. The lowest BCUT2D eigenvalue weighted by molar-refractivity contribution is 0.00210. The molecule has 154 valence electrons. The van der Waals surface area contributed by atoms with Crippen LogP contribution >= 0.6 is 0 Å². The summed E-state index contributed by atoms with van der Waals surface area (Å²) in [6.45, 7) is 7.05. The van der Waals surface area contributed by atoms with Crippen molar-refractivity contribution in [1.29, 1.82) is 0 Å². The van der Waals surface area contributed by atoms with Gasteiger partial charge in [0.1, 0.15) is 5.75 Å². The number of phenols is 1. The summed E-state index contributed by atoms with van der Waals surface area (Å²) >= 11 is 0. The van der Waals surface area contributed by atoms with E-state index in [0.717, 1.165) is 12.8 Å². The molecule has 0 aliphatic heterocycles. The van der Waals surface area contributed by atoms with Crippen molar-refractivity contribution in [2.45, 2.75) is 64.4 Å². The molecule has 2 nitrogen and oxygen atoms in total. The molecular formula is C27H34O2. The van der Waals surface area contributed by atoms with Crippen molar-refractivity contribution in [2.24, 2.45) is 29.1 Å². The molecular weight excluding hydrogens is 356 g/mol. The minimum absolute atomic E-state index is 0.179. The lowest BCUT2D eigenvalue weighted by Gasteiger charge is -2.54. The quantitative estimate of drug-likeness (QED) is 0.672. The number of phenolic OH excluding ortho intramolecular Hbond substituents is 1. The molecule has 0 unspecified atom stereocenters. The molecule has 5 rings (SSSR count). The van der Waals surface area contributed by atoms with Gasteiger partial charge in [-0.15, -0.1) is 0 Å². The number of aromatic hydroxyl groups is 1. The Bertz CT molecular complexity index is 889. The third-order valence-electron chi connectivity index (χ3n) is 8.67. The second kappa shape index (κ2) is 6.87. The Balaban J connectivity index is 1.67. The fourth-order valence-electron chi connectivity index (χ4n) is 7.67. The average molecular weight is 391 g/mol. The fourth-order valence-corrected chi connectivity index (χ4v) is 7.67. The Hall–Kier alpha value is -1.80. The maximum atomic E-state index is 11.1. The molecule has 7 atom stereocenters. The van der Waals surface area contributed by atoms with E-state index in [1.807, 2.05) is 12.1 Å². The number of aliphatic hydroxyl groups is 1. The van der Waals surface area contributed by atoms with Crippen molar-refractivity contribution in [1.82, 2.24) is 0 Å². The van der Waals surface area contributed by atoms with Crippen molar-refractivity contribution in [3.05, 3.63) is 65.2 Å². The maximum Gasteiger partial charge on any atom is 0.115 e. The molecule has 2 fully saturated rings. The highest BCUT2D eigenvalue weighted by Gasteiger charge is 2.60. The minimum Gasteiger partial charge on any atom is -0.508 e. The SMILES string of the molecule is CC(C)[C@H]1[C@H]2[C@H]3[C@H](CC[C@]2(C)C[C@@H]1O)c1ccc(O)cc1C[C@H]3c1ccccc1. The van der Waals surface area contributed by atoms with Crippen LogP contribution in [0.25, 0.3) is 0 Å². The summed E-state index contributed by atoms with van der Waals surface area (Å²) < 4.78 is 0. The van der Waals surface area contributed by atoms with Crippen molar-refractivity contribution in [3.8, 4) is 5.75 Å². The monoisotopic (exact) mass is 390 g/mol. The second-order valence-electron chi connectivity index (χ2n) is 10.6. The molecule has 0 bridgehead atoms. The molecule has 0 spiro atoms. The molecule has 3 aliphatic rings. The Morgan fingerprint density at radius 2 is 1.79 bits per heavy atom. The standard InChI is InChI=1S/C27H34O2/c1-16(2)24-23(29)15-27(3)12-11-21-20-10-9-19(28)13-18(20)14-22(25(21)26(24)27)17-7-5-4-6-8-17/h4-10,13,16,21-26,28-29H,11-12,14-15H2,1-3H3/t21-,22+,23+,24-,25+,26+,27-/m1/s1. The van der Waals surface area contributed by atoms with E-state index < -0.39 is 0 Å². The molecule has 2 aromatic carbocycles. The number of fused-ring (bicyclic) bond motifs is 5. The van der Waals surface area contributed by atoms with Gasteiger partial charge >= 0.3 is 0 Å². The predicted molar refractivity (Wildman–Crippen MR) is 117 cm³/mol. The first kappa shape index (κ1) is 19.2. The van der Waals surface area contributed by atoms with Crippen LogP contribution in [0.1, 0.15) is 68.6 Å². The lowest BCUT2D eigenvalue weighted by atomic mass is 9.50. The van der Waals surface area contributed by atoms with Gasteiger partial charge in [0.2, 0.25) is 0 Å². The summed E-state index contributed by atoms with van der Waals surface area (Å²) in [4.78, 5) is 0. The molecule has 2 heteroatoms. The van der Waals surface area contributed by atoms with E-state index in [4.69, 9.17) is 0 Å². The van der Waals surface area contributed by atoms with Crippen molar-refractivity contribution in [3.63, 3.8) is 0 Å². The van der Waals surface area contributed by atoms with Gasteiger partial charge in [-0.2, -0.15) is 0 Å². The third-order valence-corrected chi connectivity index (χ3v) is 8.67. The van der Waals surface area contributed by atoms with E-state index in [1.165, 1.54) is 29.5 Å². The van der Waals surface area contributed by atoms with Gasteiger partial charge in [-0.3, -0.25) is 0 Å². The Morgan fingerprint density at radius 1 is 1.03 bits per heavy atom. The Kier molecular flexibility index (Phi) is 4.55. The first-order valence-electron chi connectivity index (χ1n) is 11.4. The topological polar surface area (TPSA) is 40.5 Å². The van der Waals surface area contributed by atoms with Crippen LogP contribution in [0.2, 0.25) is 0 Å². The number of hydrogen-bond acceptors (Lipinski definition) is 2.